The van der Waals surface area contributed by atoms with Crippen LogP contribution in [-0.2, 0) is 21.3 Å². The second kappa shape index (κ2) is 9.94. The highest BCUT2D eigenvalue weighted by Crippen LogP contribution is 2.35. The Bertz CT molecular complexity index is 1280. The summed E-state index contributed by atoms with van der Waals surface area (Å²) in [7, 11) is -1.48. The first-order valence-electron chi connectivity index (χ1n) is 11.8. The van der Waals surface area contributed by atoms with E-state index in [2.05, 4.69) is 20.9 Å². The minimum absolute atomic E-state index is 0.0681. The summed E-state index contributed by atoms with van der Waals surface area (Å²) in [6.45, 7) is 5.49. The molecule has 3 aromatic heterocycles. The van der Waals surface area contributed by atoms with Gasteiger partial charge in [0.15, 0.2) is 11.6 Å². The number of rotatable bonds is 6. The van der Waals surface area contributed by atoms with Crippen LogP contribution in [0.4, 0.5) is 11.6 Å². The predicted octanol–water partition coefficient (Wildman–Crippen LogP) is 2.03. The average molecular weight is 518 g/mol. The second-order valence-corrected chi connectivity index (χ2v) is 12.3. The number of sulfonamides is 1. The molecule has 0 saturated carbocycles. The lowest BCUT2D eigenvalue weighted by Crippen LogP contribution is -2.44. The SMILES string of the molecule is CN(C1CCN(Cc2cc3nc(-c4ccc(N)nc4)nc(N4CCOCC4)c3s2)CC1)S(C)(=O)=O. The molecule has 35 heavy (non-hydrogen) atoms. The maximum absolute atomic E-state index is 11.9. The Morgan fingerprint density at radius 1 is 1.17 bits per heavy atom. The van der Waals surface area contributed by atoms with Gasteiger partial charge in [0.1, 0.15) is 5.82 Å². The molecule has 0 aromatic carbocycles. The quantitative estimate of drug-likeness (QED) is 0.524. The number of likely N-dealkylation sites (tertiary alicyclic amines) is 1. The standard InChI is InChI=1S/C23H31N7O3S2/c1-28(35(2,31)32)17-5-7-29(8-6-17)15-18-13-19-21(34-18)23(30-9-11-33-12-10-30)27-22(26-19)16-3-4-20(24)25-14-16/h3-4,13-14,17H,5-12,15H2,1-2H3,(H2,24,25). The van der Waals surface area contributed by atoms with E-state index in [-0.39, 0.29) is 6.04 Å². The van der Waals surface area contributed by atoms with Gasteiger partial charge in [-0.3, -0.25) is 4.90 Å². The van der Waals surface area contributed by atoms with E-state index < -0.39 is 10.0 Å². The molecular formula is C23H31N7O3S2. The number of anilines is 2. The Labute approximate surface area is 209 Å². The van der Waals surface area contributed by atoms with E-state index in [9.17, 15) is 8.42 Å². The molecular weight excluding hydrogens is 486 g/mol. The molecule has 0 atom stereocenters. The van der Waals surface area contributed by atoms with Gasteiger partial charge in [0, 0.05) is 62.5 Å². The molecule has 0 spiro atoms. The molecule has 3 aromatic rings. The number of aromatic nitrogens is 3. The van der Waals surface area contributed by atoms with Crippen LogP contribution >= 0.6 is 11.3 Å². The van der Waals surface area contributed by atoms with Crippen LogP contribution in [0.3, 0.4) is 0 Å². The van der Waals surface area contributed by atoms with Crippen molar-refractivity contribution in [3.05, 3.63) is 29.3 Å². The van der Waals surface area contributed by atoms with Crippen molar-refractivity contribution >= 4 is 43.2 Å². The number of morpholine rings is 1. The largest absolute Gasteiger partial charge is 0.384 e. The molecule has 0 radical (unpaired) electrons. The van der Waals surface area contributed by atoms with Gasteiger partial charge in [0.05, 0.1) is 29.7 Å². The molecule has 10 nitrogen and oxygen atoms in total. The summed E-state index contributed by atoms with van der Waals surface area (Å²) in [5.74, 6) is 2.04. The van der Waals surface area contributed by atoms with Gasteiger partial charge >= 0.3 is 0 Å². The first-order chi connectivity index (χ1) is 16.8. The summed E-state index contributed by atoms with van der Waals surface area (Å²) in [4.78, 5) is 19.9. The Kier molecular flexibility index (Phi) is 6.91. The molecule has 12 heteroatoms. The summed E-state index contributed by atoms with van der Waals surface area (Å²) < 4.78 is 31.9. The molecule has 0 aliphatic carbocycles. The van der Waals surface area contributed by atoms with Crippen molar-refractivity contribution in [3.8, 4) is 11.4 Å². The maximum Gasteiger partial charge on any atom is 0.211 e. The molecule has 2 saturated heterocycles. The zero-order chi connectivity index (χ0) is 24.6. The van der Waals surface area contributed by atoms with Crippen LogP contribution in [0.25, 0.3) is 21.6 Å². The van der Waals surface area contributed by atoms with E-state index in [1.807, 2.05) is 6.07 Å². The third kappa shape index (κ3) is 5.41. The number of nitrogens with zero attached hydrogens (tertiary/aromatic N) is 6. The van der Waals surface area contributed by atoms with E-state index in [0.29, 0.717) is 24.9 Å². The molecule has 0 amide bonds. The molecule has 2 fully saturated rings. The first kappa shape index (κ1) is 24.3. The van der Waals surface area contributed by atoms with Gasteiger partial charge < -0.3 is 15.4 Å². The fraction of sp³-hybridized carbons (Fsp3) is 0.522. The van der Waals surface area contributed by atoms with Crippen molar-refractivity contribution in [1.82, 2.24) is 24.2 Å². The van der Waals surface area contributed by atoms with E-state index >= 15 is 0 Å². The highest BCUT2D eigenvalue weighted by molar-refractivity contribution is 7.88. The van der Waals surface area contributed by atoms with Crippen molar-refractivity contribution in [2.45, 2.75) is 25.4 Å². The van der Waals surface area contributed by atoms with Crippen molar-refractivity contribution in [3.63, 3.8) is 0 Å². The minimum Gasteiger partial charge on any atom is -0.384 e. The van der Waals surface area contributed by atoms with Crippen LogP contribution in [0, 0.1) is 0 Å². The van der Waals surface area contributed by atoms with Gasteiger partial charge in [-0.1, -0.05) is 0 Å². The third-order valence-corrected chi connectivity index (χ3v) is 9.18. The zero-order valence-electron chi connectivity index (χ0n) is 20.1. The first-order valence-corrected chi connectivity index (χ1v) is 14.4. The normalized spacial score (nSPS) is 18.5. The lowest BCUT2D eigenvalue weighted by molar-refractivity contribution is 0.122. The Hall–Kier alpha value is -2.38. The van der Waals surface area contributed by atoms with Crippen LogP contribution in [-0.4, -0.2) is 91.3 Å². The lowest BCUT2D eigenvalue weighted by atomic mass is 10.1. The number of hydrogen-bond donors (Lipinski definition) is 1. The third-order valence-electron chi connectivity index (χ3n) is 6.73. The fourth-order valence-corrected chi connectivity index (χ4v) is 6.54. The van der Waals surface area contributed by atoms with Gasteiger partial charge in [-0.25, -0.2) is 27.7 Å². The summed E-state index contributed by atoms with van der Waals surface area (Å²) in [5.41, 5.74) is 7.54. The molecule has 2 aliphatic heterocycles. The van der Waals surface area contributed by atoms with Crippen LogP contribution in [0.15, 0.2) is 24.4 Å². The number of piperidine rings is 1. The van der Waals surface area contributed by atoms with Crippen molar-refractivity contribution < 1.29 is 13.2 Å². The Balaban J connectivity index is 1.40. The monoisotopic (exact) mass is 517 g/mol. The second-order valence-electron chi connectivity index (χ2n) is 9.16. The van der Waals surface area contributed by atoms with E-state index in [1.165, 1.54) is 15.4 Å². The smallest absolute Gasteiger partial charge is 0.211 e. The van der Waals surface area contributed by atoms with Gasteiger partial charge in [0.2, 0.25) is 10.0 Å². The number of thiophene rings is 1. The predicted molar refractivity (Wildman–Crippen MR) is 139 cm³/mol. The lowest BCUT2D eigenvalue weighted by Gasteiger charge is -2.35. The molecule has 2 aliphatic rings. The van der Waals surface area contributed by atoms with Gasteiger partial charge in [0.25, 0.3) is 0 Å². The topological polar surface area (TPSA) is 118 Å². The van der Waals surface area contributed by atoms with Gasteiger partial charge in [-0.05, 0) is 31.0 Å². The summed E-state index contributed by atoms with van der Waals surface area (Å²) in [6, 6.07) is 5.89. The van der Waals surface area contributed by atoms with Crippen LogP contribution in [0.5, 0.6) is 0 Å². The summed E-state index contributed by atoms with van der Waals surface area (Å²) in [6.07, 6.45) is 4.66. The summed E-state index contributed by atoms with van der Waals surface area (Å²) >= 11 is 1.74. The van der Waals surface area contributed by atoms with Crippen molar-refractivity contribution in [2.75, 3.05) is 63.3 Å². The van der Waals surface area contributed by atoms with E-state index in [4.69, 9.17) is 20.4 Å². The number of pyridine rings is 1. The summed E-state index contributed by atoms with van der Waals surface area (Å²) in [5, 5.41) is 0. The Morgan fingerprint density at radius 2 is 1.91 bits per heavy atom. The van der Waals surface area contributed by atoms with Crippen LogP contribution < -0.4 is 10.6 Å². The molecule has 5 rings (SSSR count). The molecule has 0 unspecified atom stereocenters. The number of fused-ring (bicyclic) bond motifs is 1. The number of ether oxygens (including phenoxy) is 1. The molecule has 5 heterocycles. The highest BCUT2D eigenvalue weighted by Gasteiger charge is 2.28. The van der Waals surface area contributed by atoms with Crippen LogP contribution in [0.2, 0.25) is 0 Å². The van der Waals surface area contributed by atoms with E-state index in [1.54, 1.807) is 30.6 Å². The van der Waals surface area contributed by atoms with Gasteiger partial charge in [-0.15, -0.1) is 11.3 Å². The number of nitrogen functional groups attached to an aromatic ring is 1. The van der Waals surface area contributed by atoms with Crippen LogP contribution in [0.1, 0.15) is 17.7 Å². The zero-order valence-corrected chi connectivity index (χ0v) is 21.7. The molecule has 2 N–H and O–H groups in total. The molecule has 188 valence electrons. The number of nitrogens with two attached hydrogens (primary N) is 1. The van der Waals surface area contributed by atoms with Crippen molar-refractivity contribution in [1.29, 1.82) is 0 Å². The van der Waals surface area contributed by atoms with Gasteiger partial charge in [-0.2, -0.15) is 0 Å². The highest BCUT2D eigenvalue weighted by atomic mass is 32.2. The minimum atomic E-state index is -3.16. The van der Waals surface area contributed by atoms with Crippen molar-refractivity contribution in [2.24, 2.45) is 0 Å². The maximum atomic E-state index is 11.9. The number of hydrogen-bond acceptors (Lipinski definition) is 10. The average Bonchev–Trinajstić information content (AvgIpc) is 3.26. The fourth-order valence-electron chi connectivity index (χ4n) is 4.63. The Morgan fingerprint density at radius 3 is 2.57 bits per heavy atom. The van der Waals surface area contributed by atoms with E-state index in [0.717, 1.165) is 67.2 Å². The molecule has 0 bridgehead atoms.